The van der Waals surface area contributed by atoms with Crippen molar-refractivity contribution < 1.29 is 15.0 Å². The molecule has 0 aliphatic rings. The average molecular weight is 320 g/mol. The predicted octanol–water partition coefficient (Wildman–Crippen LogP) is 2.91. The Bertz CT molecular complexity index is 518. The van der Waals surface area contributed by atoms with Gasteiger partial charge in [0, 0.05) is 14.3 Å². The molecule has 3 nitrogen and oxygen atoms in total. The lowest BCUT2D eigenvalue weighted by molar-refractivity contribution is 0.0697. The fourth-order valence-corrected chi connectivity index (χ4v) is 3.03. The SMILES string of the molecule is O=C(O)c1cc(I)c2scc(O)c2c1. The smallest absolute Gasteiger partial charge is 0.335 e. The van der Waals surface area contributed by atoms with Crippen LogP contribution in [0.5, 0.6) is 5.75 Å². The molecular formula is C9H5IO3S. The normalized spacial score (nSPS) is 10.6. The van der Waals surface area contributed by atoms with E-state index in [-0.39, 0.29) is 11.3 Å². The van der Waals surface area contributed by atoms with Crippen LogP contribution in [0, 0.1) is 3.57 Å². The van der Waals surface area contributed by atoms with Crippen molar-refractivity contribution >= 4 is 50.0 Å². The molecule has 1 heterocycles. The Hall–Kier alpha value is -0.820. The van der Waals surface area contributed by atoms with E-state index in [1.807, 2.05) is 0 Å². The minimum atomic E-state index is -0.976. The van der Waals surface area contributed by atoms with Crippen LogP contribution in [-0.4, -0.2) is 16.2 Å². The molecule has 0 aliphatic heterocycles. The molecule has 0 aliphatic carbocycles. The summed E-state index contributed by atoms with van der Waals surface area (Å²) >= 11 is 3.48. The lowest BCUT2D eigenvalue weighted by atomic mass is 10.1. The maximum absolute atomic E-state index is 10.7. The van der Waals surface area contributed by atoms with Crippen LogP contribution in [0.15, 0.2) is 17.5 Å². The molecule has 0 spiro atoms. The van der Waals surface area contributed by atoms with Gasteiger partial charge in [-0.15, -0.1) is 11.3 Å². The summed E-state index contributed by atoms with van der Waals surface area (Å²) in [5, 5.41) is 20.5. The van der Waals surface area contributed by atoms with Crippen LogP contribution in [0.1, 0.15) is 10.4 Å². The number of aromatic carboxylic acids is 1. The standard InChI is InChI=1S/C9H5IO3S/c10-6-2-4(9(12)13)1-5-7(11)3-14-8(5)6/h1-3,11H,(H,12,13). The number of carboxylic acid groups (broad SMARTS) is 1. The number of hydrogen-bond donors (Lipinski definition) is 2. The third-order valence-electron chi connectivity index (χ3n) is 1.85. The number of fused-ring (bicyclic) bond motifs is 1. The van der Waals surface area contributed by atoms with Gasteiger partial charge in [-0.3, -0.25) is 0 Å². The number of rotatable bonds is 1. The molecule has 1 aromatic heterocycles. The fourth-order valence-electron chi connectivity index (χ4n) is 1.21. The van der Waals surface area contributed by atoms with Crippen molar-refractivity contribution in [1.82, 2.24) is 0 Å². The third-order valence-corrected chi connectivity index (χ3v) is 4.09. The lowest BCUT2D eigenvalue weighted by Gasteiger charge is -1.98. The Morgan fingerprint density at radius 2 is 2.14 bits per heavy atom. The number of thiophene rings is 1. The zero-order valence-electron chi connectivity index (χ0n) is 6.82. The molecule has 72 valence electrons. The molecule has 0 fully saturated rings. The van der Waals surface area contributed by atoms with E-state index in [1.165, 1.54) is 17.4 Å². The van der Waals surface area contributed by atoms with Gasteiger partial charge in [0.15, 0.2) is 0 Å². The van der Waals surface area contributed by atoms with Gasteiger partial charge in [0.1, 0.15) is 5.75 Å². The Labute approximate surface area is 97.1 Å². The monoisotopic (exact) mass is 320 g/mol. The van der Waals surface area contributed by atoms with Crippen molar-refractivity contribution in [2.24, 2.45) is 0 Å². The summed E-state index contributed by atoms with van der Waals surface area (Å²) in [6.07, 6.45) is 0. The number of carboxylic acids is 1. The van der Waals surface area contributed by atoms with Crippen molar-refractivity contribution in [2.75, 3.05) is 0 Å². The van der Waals surface area contributed by atoms with E-state index in [0.717, 1.165) is 8.27 Å². The Balaban J connectivity index is 2.82. The summed E-state index contributed by atoms with van der Waals surface area (Å²) in [4.78, 5) is 10.7. The maximum atomic E-state index is 10.7. The van der Waals surface area contributed by atoms with E-state index in [9.17, 15) is 9.90 Å². The van der Waals surface area contributed by atoms with E-state index in [0.29, 0.717) is 5.39 Å². The van der Waals surface area contributed by atoms with Gasteiger partial charge < -0.3 is 10.2 Å². The molecule has 0 radical (unpaired) electrons. The van der Waals surface area contributed by atoms with E-state index >= 15 is 0 Å². The second-order valence-electron chi connectivity index (χ2n) is 2.76. The van der Waals surface area contributed by atoms with Crippen LogP contribution >= 0.6 is 33.9 Å². The van der Waals surface area contributed by atoms with Crippen LogP contribution in [0.4, 0.5) is 0 Å². The van der Waals surface area contributed by atoms with E-state index in [4.69, 9.17) is 5.11 Å². The highest BCUT2D eigenvalue weighted by atomic mass is 127. The first-order valence-electron chi connectivity index (χ1n) is 3.72. The number of aromatic hydroxyl groups is 1. The topological polar surface area (TPSA) is 57.5 Å². The zero-order valence-corrected chi connectivity index (χ0v) is 9.79. The summed E-state index contributed by atoms with van der Waals surface area (Å²) in [5.74, 6) is -0.832. The molecule has 0 atom stereocenters. The molecule has 14 heavy (non-hydrogen) atoms. The zero-order chi connectivity index (χ0) is 10.3. The number of hydrogen-bond acceptors (Lipinski definition) is 3. The van der Waals surface area contributed by atoms with Crippen LogP contribution < -0.4 is 0 Å². The summed E-state index contributed by atoms with van der Waals surface area (Å²) in [7, 11) is 0. The minimum Gasteiger partial charge on any atom is -0.506 e. The number of halogens is 1. The summed E-state index contributed by atoms with van der Waals surface area (Å²) < 4.78 is 1.77. The molecule has 0 unspecified atom stereocenters. The van der Waals surface area contributed by atoms with Crippen molar-refractivity contribution in [3.8, 4) is 5.75 Å². The van der Waals surface area contributed by atoms with Crippen LogP contribution in [0.2, 0.25) is 0 Å². The molecule has 1 aromatic carbocycles. The van der Waals surface area contributed by atoms with Crippen LogP contribution in [0.25, 0.3) is 10.1 Å². The quantitative estimate of drug-likeness (QED) is 0.795. The highest BCUT2D eigenvalue weighted by Gasteiger charge is 2.11. The van der Waals surface area contributed by atoms with Crippen molar-refractivity contribution in [1.29, 1.82) is 0 Å². The van der Waals surface area contributed by atoms with Gasteiger partial charge >= 0.3 is 5.97 Å². The Morgan fingerprint density at radius 3 is 2.79 bits per heavy atom. The van der Waals surface area contributed by atoms with Crippen LogP contribution in [-0.2, 0) is 0 Å². The van der Waals surface area contributed by atoms with Gasteiger partial charge in [-0.25, -0.2) is 4.79 Å². The van der Waals surface area contributed by atoms with Gasteiger partial charge in [-0.1, -0.05) is 0 Å². The van der Waals surface area contributed by atoms with E-state index in [1.54, 1.807) is 11.4 Å². The van der Waals surface area contributed by atoms with Crippen molar-refractivity contribution in [3.63, 3.8) is 0 Å². The summed E-state index contributed by atoms with van der Waals surface area (Å²) in [6.45, 7) is 0. The fraction of sp³-hybridized carbons (Fsp3) is 0. The van der Waals surface area contributed by atoms with Crippen molar-refractivity contribution in [3.05, 3.63) is 26.6 Å². The van der Waals surface area contributed by atoms with Crippen LogP contribution in [0.3, 0.4) is 0 Å². The highest BCUT2D eigenvalue weighted by Crippen LogP contribution is 2.35. The van der Waals surface area contributed by atoms with Gasteiger partial charge in [0.25, 0.3) is 0 Å². The average Bonchev–Trinajstić information content (AvgIpc) is 2.48. The third kappa shape index (κ3) is 1.46. The first kappa shape index (κ1) is 9.72. The van der Waals surface area contributed by atoms with Gasteiger partial charge in [-0.2, -0.15) is 0 Å². The molecular weight excluding hydrogens is 315 g/mol. The first-order valence-corrected chi connectivity index (χ1v) is 5.68. The van der Waals surface area contributed by atoms with Gasteiger partial charge in [-0.05, 0) is 34.7 Å². The minimum absolute atomic E-state index is 0.144. The largest absolute Gasteiger partial charge is 0.506 e. The first-order chi connectivity index (χ1) is 6.59. The van der Waals surface area contributed by atoms with E-state index < -0.39 is 5.97 Å². The molecule has 0 saturated heterocycles. The van der Waals surface area contributed by atoms with Gasteiger partial charge in [0.2, 0.25) is 0 Å². The summed E-state index contributed by atoms with van der Waals surface area (Å²) in [5.41, 5.74) is 0.204. The molecule has 0 saturated carbocycles. The van der Waals surface area contributed by atoms with Crippen molar-refractivity contribution in [2.45, 2.75) is 0 Å². The molecule has 2 rings (SSSR count). The Morgan fingerprint density at radius 1 is 1.43 bits per heavy atom. The second kappa shape index (κ2) is 3.39. The molecule has 0 bridgehead atoms. The number of benzene rings is 1. The van der Waals surface area contributed by atoms with E-state index in [2.05, 4.69) is 22.6 Å². The maximum Gasteiger partial charge on any atom is 0.335 e. The highest BCUT2D eigenvalue weighted by molar-refractivity contribution is 14.1. The second-order valence-corrected chi connectivity index (χ2v) is 4.80. The van der Waals surface area contributed by atoms with Gasteiger partial charge in [0.05, 0.1) is 10.3 Å². The summed E-state index contributed by atoms with van der Waals surface area (Å²) in [6, 6.07) is 3.09. The molecule has 2 N–H and O–H groups in total. The Kier molecular flexibility index (Phi) is 2.36. The molecule has 5 heteroatoms. The lowest BCUT2D eigenvalue weighted by Crippen LogP contribution is -1.95. The predicted molar refractivity (Wildman–Crippen MR) is 63.2 cm³/mol. The molecule has 0 amide bonds. The molecule has 2 aromatic rings. The number of carbonyl (C=O) groups is 1.